The summed E-state index contributed by atoms with van der Waals surface area (Å²) in [5, 5.41) is 3.01. The average molecular weight is 248 g/mol. The van der Waals surface area contributed by atoms with E-state index >= 15 is 0 Å². The second kappa shape index (κ2) is 4.72. The first-order valence-electron chi connectivity index (χ1n) is 6.75. The van der Waals surface area contributed by atoms with Crippen molar-refractivity contribution in [2.45, 2.75) is 31.8 Å². The van der Waals surface area contributed by atoms with Crippen LogP contribution in [0.2, 0.25) is 0 Å². The van der Waals surface area contributed by atoms with Gasteiger partial charge in [-0.3, -0.25) is 4.79 Å². The van der Waals surface area contributed by atoms with Gasteiger partial charge in [0.25, 0.3) is 0 Å². The first-order valence-corrected chi connectivity index (χ1v) is 6.75. The SMILES string of the molecule is NC1C2CCC(C2)C1C(=O)NCCn1ccnc1. The predicted octanol–water partition coefficient (Wildman–Crippen LogP) is 0.373. The molecule has 1 amide bonds. The van der Waals surface area contributed by atoms with E-state index in [0.717, 1.165) is 13.0 Å². The Kier molecular flexibility index (Phi) is 3.07. The van der Waals surface area contributed by atoms with Gasteiger partial charge in [0.05, 0.1) is 12.2 Å². The van der Waals surface area contributed by atoms with Crippen molar-refractivity contribution in [2.24, 2.45) is 23.5 Å². The molecule has 2 fully saturated rings. The van der Waals surface area contributed by atoms with Crippen LogP contribution >= 0.6 is 0 Å². The van der Waals surface area contributed by atoms with Crippen molar-refractivity contribution in [1.29, 1.82) is 0 Å². The van der Waals surface area contributed by atoms with Crippen LogP contribution in [0.15, 0.2) is 18.7 Å². The normalized spacial score (nSPS) is 33.8. The number of rotatable bonds is 4. The molecule has 18 heavy (non-hydrogen) atoms. The van der Waals surface area contributed by atoms with E-state index in [1.165, 1.54) is 12.8 Å². The smallest absolute Gasteiger partial charge is 0.225 e. The van der Waals surface area contributed by atoms with Gasteiger partial charge in [-0.25, -0.2) is 4.98 Å². The van der Waals surface area contributed by atoms with Crippen LogP contribution in [0.1, 0.15) is 19.3 Å². The molecule has 5 heteroatoms. The molecule has 0 radical (unpaired) electrons. The number of nitrogens with two attached hydrogens (primary N) is 1. The van der Waals surface area contributed by atoms with Gasteiger partial charge in [0.2, 0.25) is 5.91 Å². The molecule has 0 saturated heterocycles. The minimum absolute atomic E-state index is 0.0477. The van der Waals surface area contributed by atoms with Crippen molar-refractivity contribution in [3.8, 4) is 0 Å². The van der Waals surface area contributed by atoms with Crippen LogP contribution in [0.25, 0.3) is 0 Å². The lowest BCUT2D eigenvalue weighted by Crippen LogP contribution is -2.45. The molecule has 3 rings (SSSR count). The molecule has 2 bridgehead atoms. The van der Waals surface area contributed by atoms with E-state index in [0.29, 0.717) is 18.4 Å². The molecule has 1 aromatic rings. The quantitative estimate of drug-likeness (QED) is 0.808. The zero-order valence-electron chi connectivity index (χ0n) is 10.5. The molecule has 2 aliphatic carbocycles. The molecule has 2 saturated carbocycles. The highest BCUT2D eigenvalue weighted by atomic mass is 16.1. The number of fused-ring (bicyclic) bond motifs is 2. The van der Waals surface area contributed by atoms with Gasteiger partial charge >= 0.3 is 0 Å². The van der Waals surface area contributed by atoms with Crippen molar-refractivity contribution in [3.05, 3.63) is 18.7 Å². The summed E-state index contributed by atoms with van der Waals surface area (Å²) in [7, 11) is 0. The minimum Gasteiger partial charge on any atom is -0.354 e. The van der Waals surface area contributed by atoms with Crippen molar-refractivity contribution in [2.75, 3.05) is 6.54 Å². The molecular formula is C13H20N4O. The van der Waals surface area contributed by atoms with Crippen molar-refractivity contribution in [1.82, 2.24) is 14.9 Å². The van der Waals surface area contributed by atoms with Crippen LogP contribution in [0.5, 0.6) is 0 Å². The number of imidazole rings is 1. The van der Waals surface area contributed by atoms with E-state index in [4.69, 9.17) is 5.73 Å². The Balaban J connectivity index is 1.50. The Hall–Kier alpha value is -1.36. The Labute approximate surface area is 107 Å². The number of aromatic nitrogens is 2. The van der Waals surface area contributed by atoms with Crippen LogP contribution in [-0.4, -0.2) is 28.0 Å². The maximum atomic E-state index is 12.2. The monoisotopic (exact) mass is 248 g/mol. The van der Waals surface area contributed by atoms with Crippen molar-refractivity contribution in [3.63, 3.8) is 0 Å². The van der Waals surface area contributed by atoms with Crippen LogP contribution in [-0.2, 0) is 11.3 Å². The topological polar surface area (TPSA) is 72.9 Å². The Morgan fingerprint density at radius 1 is 1.44 bits per heavy atom. The average Bonchev–Trinajstić information content (AvgIpc) is 3.03. The van der Waals surface area contributed by atoms with E-state index in [1.54, 1.807) is 12.5 Å². The fraction of sp³-hybridized carbons (Fsp3) is 0.692. The van der Waals surface area contributed by atoms with Crippen molar-refractivity contribution >= 4 is 5.91 Å². The standard InChI is InChI=1S/C13H20N4O/c14-12-10-2-1-9(7-10)11(12)13(18)16-4-6-17-5-3-15-8-17/h3,5,8-12H,1-2,4,6-7,14H2,(H,16,18). The summed E-state index contributed by atoms with van der Waals surface area (Å²) in [6.07, 6.45) is 8.95. The predicted molar refractivity (Wildman–Crippen MR) is 67.5 cm³/mol. The molecule has 98 valence electrons. The second-order valence-corrected chi connectivity index (χ2v) is 5.53. The van der Waals surface area contributed by atoms with Gasteiger partial charge in [-0.15, -0.1) is 0 Å². The molecule has 0 spiro atoms. The lowest BCUT2D eigenvalue weighted by Gasteiger charge is -2.27. The molecule has 0 aromatic carbocycles. The van der Waals surface area contributed by atoms with E-state index in [1.807, 2.05) is 10.8 Å². The first-order chi connectivity index (χ1) is 8.75. The second-order valence-electron chi connectivity index (χ2n) is 5.53. The Morgan fingerprint density at radius 3 is 2.94 bits per heavy atom. The van der Waals surface area contributed by atoms with E-state index < -0.39 is 0 Å². The summed E-state index contributed by atoms with van der Waals surface area (Å²) >= 11 is 0. The van der Waals surface area contributed by atoms with E-state index in [9.17, 15) is 4.79 Å². The number of carbonyl (C=O) groups excluding carboxylic acids is 1. The van der Waals surface area contributed by atoms with Gasteiger partial charge in [-0.2, -0.15) is 0 Å². The maximum absolute atomic E-state index is 12.2. The Bertz CT molecular complexity index is 415. The van der Waals surface area contributed by atoms with Gasteiger partial charge in [-0.05, 0) is 31.1 Å². The largest absolute Gasteiger partial charge is 0.354 e. The highest BCUT2D eigenvalue weighted by molar-refractivity contribution is 5.80. The van der Waals surface area contributed by atoms with E-state index in [2.05, 4.69) is 10.3 Å². The highest BCUT2D eigenvalue weighted by Gasteiger charge is 2.48. The molecular weight excluding hydrogens is 228 g/mol. The molecule has 0 aliphatic heterocycles. The number of nitrogens with one attached hydrogen (secondary N) is 1. The maximum Gasteiger partial charge on any atom is 0.225 e. The summed E-state index contributed by atoms with van der Waals surface area (Å²) in [5.41, 5.74) is 6.16. The molecule has 2 aliphatic rings. The highest BCUT2D eigenvalue weighted by Crippen LogP contribution is 2.47. The van der Waals surface area contributed by atoms with Crippen molar-refractivity contribution < 1.29 is 4.79 Å². The fourth-order valence-electron chi connectivity index (χ4n) is 3.57. The molecule has 3 N–H and O–H groups in total. The summed E-state index contributed by atoms with van der Waals surface area (Å²) in [6, 6.07) is 0.0806. The van der Waals surface area contributed by atoms with Gasteiger partial charge in [0, 0.05) is 31.5 Å². The van der Waals surface area contributed by atoms with Crippen LogP contribution in [0.3, 0.4) is 0 Å². The minimum atomic E-state index is 0.0477. The van der Waals surface area contributed by atoms with Gasteiger partial charge in [0.15, 0.2) is 0 Å². The third-order valence-corrected chi connectivity index (χ3v) is 4.51. The summed E-state index contributed by atoms with van der Waals surface area (Å²) < 4.78 is 1.96. The lowest BCUT2D eigenvalue weighted by molar-refractivity contribution is -0.127. The first kappa shape index (κ1) is 11.7. The summed E-state index contributed by atoms with van der Waals surface area (Å²) in [5.74, 6) is 1.30. The number of hydrogen-bond acceptors (Lipinski definition) is 3. The molecule has 1 aromatic heterocycles. The zero-order valence-corrected chi connectivity index (χ0v) is 10.5. The number of carbonyl (C=O) groups is 1. The summed E-state index contributed by atoms with van der Waals surface area (Å²) in [4.78, 5) is 16.1. The Morgan fingerprint density at radius 2 is 2.28 bits per heavy atom. The molecule has 1 heterocycles. The fourth-order valence-corrected chi connectivity index (χ4v) is 3.57. The number of nitrogens with zero attached hydrogens (tertiary/aromatic N) is 2. The van der Waals surface area contributed by atoms with Gasteiger partial charge < -0.3 is 15.6 Å². The van der Waals surface area contributed by atoms with Gasteiger partial charge in [-0.1, -0.05) is 0 Å². The zero-order chi connectivity index (χ0) is 12.5. The number of amides is 1. The lowest BCUT2D eigenvalue weighted by atomic mass is 9.84. The van der Waals surface area contributed by atoms with Crippen LogP contribution in [0, 0.1) is 17.8 Å². The molecule has 4 atom stereocenters. The third kappa shape index (κ3) is 2.03. The molecule has 5 nitrogen and oxygen atoms in total. The summed E-state index contributed by atoms with van der Waals surface area (Å²) in [6.45, 7) is 1.41. The third-order valence-electron chi connectivity index (χ3n) is 4.51. The van der Waals surface area contributed by atoms with Crippen LogP contribution in [0.4, 0.5) is 0 Å². The number of hydrogen-bond donors (Lipinski definition) is 2. The van der Waals surface area contributed by atoms with E-state index in [-0.39, 0.29) is 17.9 Å². The molecule has 4 unspecified atom stereocenters. The van der Waals surface area contributed by atoms with Crippen LogP contribution < -0.4 is 11.1 Å². The van der Waals surface area contributed by atoms with Gasteiger partial charge in [0.1, 0.15) is 0 Å².